The van der Waals surface area contributed by atoms with Crippen molar-refractivity contribution in [2.24, 2.45) is 11.8 Å². The molecule has 1 aromatic rings. The largest absolute Gasteiger partial charge is 0.497 e. The third-order valence-electron chi connectivity index (χ3n) is 6.28. The number of nitrogens with zero attached hydrogens (tertiary/aromatic N) is 2. The molecule has 8 heteroatoms. The van der Waals surface area contributed by atoms with Gasteiger partial charge in [0.2, 0.25) is 11.8 Å². The van der Waals surface area contributed by atoms with Crippen molar-refractivity contribution in [3.8, 4) is 5.75 Å². The van der Waals surface area contributed by atoms with Gasteiger partial charge < -0.3 is 14.4 Å². The van der Waals surface area contributed by atoms with E-state index in [9.17, 15) is 19.2 Å². The number of benzene rings is 1. The number of imide groups is 1. The Labute approximate surface area is 175 Å². The van der Waals surface area contributed by atoms with Crippen LogP contribution in [0.25, 0.3) is 0 Å². The van der Waals surface area contributed by atoms with E-state index in [4.69, 9.17) is 9.47 Å². The van der Waals surface area contributed by atoms with Crippen LogP contribution in [0.3, 0.4) is 0 Å². The van der Waals surface area contributed by atoms with E-state index in [-0.39, 0.29) is 29.6 Å². The van der Waals surface area contributed by atoms with Crippen LogP contribution in [0, 0.1) is 11.8 Å². The SMILES string of the molecule is COc1ccc2c(c1)CCCN2C(=O)COC(=O)CN1C(=O)C2CCCCC2C1=O. The van der Waals surface area contributed by atoms with Gasteiger partial charge in [0.25, 0.3) is 5.91 Å². The highest BCUT2D eigenvalue weighted by atomic mass is 16.5. The Hall–Kier alpha value is -2.90. The number of carbonyl (C=O) groups is 4. The van der Waals surface area contributed by atoms with Crippen molar-refractivity contribution in [1.29, 1.82) is 0 Å². The molecule has 1 saturated heterocycles. The summed E-state index contributed by atoms with van der Waals surface area (Å²) in [7, 11) is 1.59. The molecular formula is C22H26N2O6. The smallest absolute Gasteiger partial charge is 0.326 e. The lowest BCUT2D eigenvalue weighted by molar-refractivity contribution is -0.154. The van der Waals surface area contributed by atoms with Crippen LogP contribution >= 0.6 is 0 Å². The van der Waals surface area contributed by atoms with Crippen molar-refractivity contribution in [3.63, 3.8) is 0 Å². The van der Waals surface area contributed by atoms with Crippen LogP contribution in [0.2, 0.25) is 0 Å². The number of likely N-dealkylation sites (tertiary alicyclic amines) is 1. The summed E-state index contributed by atoms with van der Waals surface area (Å²) in [5.41, 5.74) is 1.80. The van der Waals surface area contributed by atoms with Crippen LogP contribution in [0.4, 0.5) is 5.69 Å². The molecule has 0 spiro atoms. The maximum atomic E-state index is 12.7. The first-order valence-corrected chi connectivity index (χ1v) is 10.5. The highest BCUT2D eigenvalue weighted by molar-refractivity contribution is 6.07. The first-order chi connectivity index (χ1) is 14.5. The van der Waals surface area contributed by atoms with E-state index in [0.29, 0.717) is 19.4 Å². The third-order valence-corrected chi connectivity index (χ3v) is 6.28. The second kappa shape index (κ2) is 8.45. The molecule has 1 aromatic carbocycles. The van der Waals surface area contributed by atoms with Gasteiger partial charge >= 0.3 is 5.97 Å². The molecule has 0 aromatic heterocycles. The summed E-state index contributed by atoms with van der Waals surface area (Å²) in [4.78, 5) is 52.5. The van der Waals surface area contributed by atoms with E-state index >= 15 is 0 Å². The van der Waals surface area contributed by atoms with Crippen molar-refractivity contribution in [1.82, 2.24) is 4.90 Å². The van der Waals surface area contributed by atoms with Gasteiger partial charge in [-0.25, -0.2) is 0 Å². The van der Waals surface area contributed by atoms with Gasteiger partial charge in [0.1, 0.15) is 12.3 Å². The predicted octanol–water partition coefficient (Wildman–Crippen LogP) is 1.69. The number of rotatable bonds is 5. The molecule has 8 nitrogen and oxygen atoms in total. The van der Waals surface area contributed by atoms with Gasteiger partial charge in [-0.1, -0.05) is 12.8 Å². The number of fused-ring (bicyclic) bond motifs is 2. The molecular weight excluding hydrogens is 388 g/mol. The molecule has 1 aliphatic carbocycles. The number of ether oxygens (including phenoxy) is 2. The molecule has 160 valence electrons. The monoisotopic (exact) mass is 414 g/mol. The normalized spacial score (nSPS) is 23.1. The number of hydrogen-bond acceptors (Lipinski definition) is 6. The van der Waals surface area contributed by atoms with Gasteiger partial charge in [0.15, 0.2) is 6.61 Å². The average Bonchev–Trinajstić information content (AvgIpc) is 3.01. The summed E-state index contributed by atoms with van der Waals surface area (Å²) < 4.78 is 10.4. The van der Waals surface area contributed by atoms with Gasteiger partial charge in [0, 0.05) is 12.2 Å². The topological polar surface area (TPSA) is 93.2 Å². The Kier molecular flexibility index (Phi) is 5.74. The zero-order chi connectivity index (χ0) is 21.3. The van der Waals surface area contributed by atoms with Crippen LogP contribution in [-0.2, 0) is 30.3 Å². The Bertz CT molecular complexity index is 858. The standard InChI is InChI=1S/C22H26N2O6/c1-29-15-8-9-18-14(11-15)5-4-10-23(18)19(25)13-30-20(26)12-24-21(27)16-6-2-3-7-17(16)22(24)28/h8-9,11,16-17H,2-7,10,12-13H2,1H3. The number of methoxy groups -OCH3 is 1. The molecule has 30 heavy (non-hydrogen) atoms. The van der Waals surface area contributed by atoms with E-state index in [0.717, 1.165) is 47.6 Å². The summed E-state index contributed by atoms with van der Waals surface area (Å²) in [6, 6.07) is 5.53. The molecule has 2 atom stereocenters. The van der Waals surface area contributed by atoms with Gasteiger partial charge in [-0.2, -0.15) is 0 Å². The Balaban J connectivity index is 1.34. The molecule has 3 aliphatic rings. The molecule has 2 heterocycles. The molecule has 0 radical (unpaired) electrons. The van der Waals surface area contributed by atoms with Crippen molar-refractivity contribution in [3.05, 3.63) is 23.8 Å². The summed E-state index contributed by atoms with van der Waals surface area (Å²) in [5.74, 6) is -1.52. The summed E-state index contributed by atoms with van der Waals surface area (Å²) in [5, 5.41) is 0. The quantitative estimate of drug-likeness (QED) is 0.538. The zero-order valence-electron chi connectivity index (χ0n) is 17.1. The number of hydrogen-bond donors (Lipinski definition) is 0. The lowest BCUT2D eigenvalue weighted by atomic mass is 9.81. The lowest BCUT2D eigenvalue weighted by Crippen LogP contribution is -2.40. The average molecular weight is 414 g/mol. The maximum Gasteiger partial charge on any atom is 0.326 e. The van der Waals surface area contributed by atoms with Gasteiger partial charge in [-0.15, -0.1) is 0 Å². The van der Waals surface area contributed by atoms with E-state index in [2.05, 4.69) is 0 Å². The van der Waals surface area contributed by atoms with Crippen LogP contribution in [-0.4, -0.2) is 55.4 Å². The van der Waals surface area contributed by atoms with E-state index in [1.54, 1.807) is 18.1 Å². The van der Waals surface area contributed by atoms with Crippen molar-refractivity contribution in [2.45, 2.75) is 38.5 Å². The minimum atomic E-state index is -0.740. The second-order valence-electron chi connectivity index (χ2n) is 8.06. The van der Waals surface area contributed by atoms with E-state index in [1.165, 1.54) is 0 Å². The fourth-order valence-corrected chi connectivity index (χ4v) is 4.74. The molecule has 4 rings (SSSR count). The van der Waals surface area contributed by atoms with Crippen LogP contribution in [0.15, 0.2) is 18.2 Å². The molecule has 2 aliphatic heterocycles. The van der Waals surface area contributed by atoms with Gasteiger partial charge in [0.05, 0.1) is 18.9 Å². The number of amides is 3. The zero-order valence-corrected chi connectivity index (χ0v) is 17.1. The predicted molar refractivity (Wildman–Crippen MR) is 107 cm³/mol. The van der Waals surface area contributed by atoms with Crippen molar-refractivity contribution >= 4 is 29.4 Å². The number of esters is 1. The number of aryl methyl sites for hydroxylation is 1. The third kappa shape index (κ3) is 3.78. The summed E-state index contributed by atoms with van der Waals surface area (Å²) in [6.07, 6.45) is 4.89. The second-order valence-corrected chi connectivity index (χ2v) is 8.06. The minimum absolute atomic E-state index is 0.285. The first kappa shape index (κ1) is 20.4. The van der Waals surface area contributed by atoms with Crippen LogP contribution in [0.1, 0.15) is 37.7 Å². The van der Waals surface area contributed by atoms with Gasteiger partial charge in [-0.3, -0.25) is 24.1 Å². The molecule has 0 N–H and O–H groups in total. The maximum absolute atomic E-state index is 12.7. The van der Waals surface area contributed by atoms with E-state index in [1.807, 2.05) is 12.1 Å². The van der Waals surface area contributed by atoms with E-state index < -0.39 is 19.1 Å². The lowest BCUT2D eigenvalue weighted by Gasteiger charge is -2.29. The van der Waals surface area contributed by atoms with Crippen LogP contribution < -0.4 is 9.64 Å². The first-order valence-electron chi connectivity index (χ1n) is 10.5. The Morgan fingerprint density at radius 3 is 2.43 bits per heavy atom. The van der Waals surface area contributed by atoms with Gasteiger partial charge in [-0.05, 0) is 49.4 Å². The highest BCUT2D eigenvalue weighted by Gasteiger charge is 2.48. The molecule has 3 amide bonds. The Morgan fingerprint density at radius 2 is 1.77 bits per heavy atom. The molecule has 2 fully saturated rings. The van der Waals surface area contributed by atoms with Crippen molar-refractivity contribution < 1.29 is 28.7 Å². The fourth-order valence-electron chi connectivity index (χ4n) is 4.74. The fraction of sp³-hybridized carbons (Fsp3) is 0.545. The molecule has 1 saturated carbocycles. The summed E-state index contributed by atoms with van der Waals surface area (Å²) >= 11 is 0. The molecule has 2 unspecified atom stereocenters. The summed E-state index contributed by atoms with van der Waals surface area (Å²) in [6.45, 7) is -0.304. The number of anilines is 1. The number of carbonyl (C=O) groups excluding carboxylic acids is 4. The minimum Gasteiger partial charge on any atom is -0.497 e. The highest BCUT2D eigenvalue weighted by Crippen LogP contribution is 2.38. The van der Waals surface area contributed by atoms with Crippen molar-refractivity contribution in [2.75, 3.05) is 31.7 Å². The molecule has 0 bridgehead atoms. The Morgan fingerprint density at radius 1 is 1.07 bits per heavy atom. The van der Waals surface area contributed by atoms with Crippen LogP contribution in [0.5, 0.6) is 5.75 Å².